The third-order valence-electron chi connectivity index (χ3n) is 2.87. The Morgan fingerprint density at radius 2 is 2.15 bits per heavy atom. The summed E-state index contributed by atoms with van der Waals surface area (Å²) >= 11 is 5.95. The van der Waals surface area contributed by atoms with Crippen LogP contribution in [0.3, 0.4) is 0 Å². The van der Waals surface area contributed by atoms with Crippen molar-refractivity contribution in [3.05, 3.63) is 70.0 Å². The maximum Gasteiger partial charge on any atom is 0.197 e. The first-order valence-electron chi connectivity index (χ1n) is 8.31. The monoisotopic (exact) mass is 302 g/mol. The molecule has 0 aromatic heterocycles. The maximum absolute atomic E-state index is 14.9. The lowest BCUT2D eigenvalue weighted by molar-refractivity contribution is 0.103. The quantitative estimate of drug-likeness (QED) is 0.820. The first kappa shape index (κ1) is 9.27. The fourth-order valence-electron chi connectivity index (χ4n) is 1.83. The number of hydrogen-bond donors (Lipinski definition) is 1. The van der Waals surface area contributed by atoms with E-state index in [1.165, 1.54) is 18.2 Å². The molecule has 0 aliphatic heterocycles. The summed E-state index contributed by atoms with van der Waals surface area (Å²) in [4.78, 5) is 12.5. The van der Waals surface area contributed by atoms with Crippen LogP contribution in [0.25, 0.3) is 0 Å². The second-order valence-corrected chi connectivity index (χ2v) is 4.55. The molecule has 2 aromatic rings. The highest BCUT2D eigenvalue weighted by atomic mass is 35.5. The summed E-state index contributed by atoms with van der Waals surface area (Å²) in [6.07, 6.45) is -2.89. The third kappa shape index (κ3) is 2.74. The first-order valence-corrected chi connectivity index (χ1v) is 6.19. The standard InChI is InChI=1S/C16H15ClFNO.3H2/c1-2-13(19)11-8-9-12(17)14(15(11)18)16(20)10-6-4-3-5-7-10;;;/h3-9,13H,2,19H2,1H3;3*1H/t13-;;;/m1.../s1/i1D3,2D2;;;. The van der Waals surface area contributed by atoms with Gasteiger partial charge in [0.15, 0.2) is 5.78 Å². The number of halogens is 2. The van der Waals surface area contributed by atoms with E-state index in [1.54, 1.807) is 18.2 Å². The molecule has 0 aliphatic rings. The van der Waals surface area contributed by atoms with Gasteiger partial charge in [-0.15, -0.1) is 0 Å². The molecule has 0 saturated carbocycles. The summed E-state index contributed by atoms with van der Waals surface area (Å²) in [5.41, 5.74) is 4.98. The molecule has 2 rings (SSSR count). The van der Waals surface area contributed by atoms with E-state index in [0.717, 1.165) is 6.07 Å². The third-order valence-corrected chi connectivity index (χ3v) is 3.19. The van der Waals surface area contributed by atoms with E-state index in [0.29, 0.717) is 0 Å². The second kappa shape index (κ2) is 6.16. The Morgan fingerprint density at radius 3 is 2.80 bits per heavy atom. The molecule has 20 heavy (non-hydrogen) atoms. The van der Waals surface area contributed by atoms with Gasteiger partial charge in [0.2, 0.25) is 0 Å². The molecule has 0 unspecified atom stereocenters. The number of ketones is 1. The minimum absolute atomic E-state index is 0. The van der Waals surface area contributed by atoms with Crippen molar-refractivity contribution in [1.29, 1.82) is 0 Å². The van der Waals surface area contributed by atoms with Crippen LogP contribution >= 0.6 is 11.6 Å². The molecule has 2 aromatic carbocycles. The molecule has 0 radical (unpaired) electrons. The van der Waals surface area contributed by atoms with Gasteiger partial charge in [0, 0.05) is 28.3 Å². The molecule has 0 fully saturated rings. The van der Waals surface area contributed by atoms with Crippen molar-refractivity contribution in [2.75, 3.05) is 0 Å². The lowest BCUT2D eigenvalue weighted by Crippen LogP contribution is -2.14. The van der Waals surface area contributed by atoms with Crippen LogP contribution in [0, 0.1) is 5.82 Å². The van der Waals surface area contributed by atoms with E-state index >= 15 is 0 Å². The van der Waals surface area contributed by atoms with Crippen molar-refractivity contribution < 1.29 is 20.3 Å². The van der Waals surface area contributed by atoms with Gasteiger partial charge in [-0.2, -0.15) is 0 Å². The number of carbonyl (C=O) groups excluding carboxylic acids is 1. The van der Waals surface area contributed by atoms with E-state index in [9.17, 15) is 9.18 Å². The van der Waals surface area contributed by atoms with Crippen molar-refractivity contribution >= 4 is 17.4 Å². The summed E-state index contributed by atoms with van der Waals surface area (Å²) < 4.78 is 52.1. The average molecular weight is 303 g/mol. The minimum atomic E-state index is -3.07. The lowest BCUT2D eigenvalue weighted by Gasteiger charge is -2.14. The number of rotatable bonds is 4. The van der Waals surface area contributed by atoms with E-state index in [4.69, 9.17) is 24.2 Å². The highest BCUT2D eigenvalue weighted by molar-refractivity contribution is 6.35. The van der Waals surface area contributed by atoms with Gasteiger partial charge < -0.3 is 5.73 Å². The van der Waals surface area contributed by atoms with Crippen LogP contribution in [0.5, 0.6) is 0 Å². The summed E-state index contributed by atoms with van der Waals surface area (Å²) in [6, 6.07) is 8.33. The summed E-state index contributed by atoms with van der Waals surface area (Å²) in [5, 5.41) is -0.170. The zero-order valence-electron chi connectivity index (χ0n) is 15.4. The Kier molecular flexibility index (Phi) is 2.85. The summed E-state index contributed by atoms with van der Waals surface area (Å²) in [6.45, 7) is -3.07. The molecule has 4 heteroatoms. The van der Waals surface area contributed by atoms with Gasteiger partial charge in [-0.3, -0.25) is 4.79 Å². The largest absolute Gasteiger partial charge is 0.324 e. The topological polar surface area (TPSA) is 43.1 Å². The highest BCUT2D eigenvalue weighted by Crippen LogP contribution is 2.28. The van der Waals surface area contributed by atoms with Gasteiger partial charge in [0.1, 0.15) is 5.82 Å². The van der Waals surface area contributed by atoms with Crippen LogP contribution in [0.2, 0.25) is 5.02 Å². The fourth-order valence-corrected chi connectivity index (χ4v) is 2.06. The Bertz CT molecular complexity index is 801. The van der Waals surface area contributed by atoms with Gasteiger partial charge in [-0.1, -0.05) is 54.9 Å². The molecular formula is C16H21ClFNO. The van der Waals surface area contributed by atoms with Gasteiger partial charge in [-0.05, 0) is 12.4 Å². The van der Waals surface area contributed by atoms with E-state index in [2.05, 4.69) is 0 Å². The predicted octanol–water partition coefficient (Wildman–Crippen LogP) is 4.86. The Balaban J connectivity index is 0. The normalized spacial score (nSPS) is 17.2. The molecule has 0 heterocycles. The lowest BCUT2D eigenvalue weighted by atomic mass is 9.97. The van der Waals surface area contributed by atoms with Gasteiger partial charge in [0.25, 0.3) is 0 Å². The van der Waals surface area contributed by atoms with Gasteiger partial charge in [-0.25, -0.2) is 4.39 Å². The number of hydrogen-bond acceptors (Lipinski definition) is 2. The van der Waals surface area contributed by atoms with E-state index < -0.39 is 42.0 Å². The SMILES string of the molecule is [2H]C([2H])([2H])C([2H])([2H])[C@@H](N)c1ccc(Cl)c(C(=O)c2ccccc2)c1F.[HH].[HH].[HH]. The van der Waals surface area contributed by atoms with Crippen LogP contribution in [0.15, 0.2) is 42.5 Å². The van der Waals surface area contributed by atoms with Crippen LogP contribution in [0.1, 0.15) is 51.9 Å². The Hall–Kier alpha value is -1.71. The number of benzene rings is 2. The van der Waals surface area contributed by atoms with Crippen LogP contribution in [0.4, 0.5) is 4.39 Å². The van der Waals surface area contributed by atoms with Crippen molar-refractivity contribution in [3.8, 4) is 0 Å². The zero-order valence-corrected chi connectivity index (χ0v) is 11.1. The highest BCUT2D eigenvalue weighted by Gasteiger charge is 2.22. The molecule has 2 N–H and O–H groups in total. The summed E-state index contributed by atoms with van der Waals surface area (Å²) in [7, 11) is 0. The number of nitrogens with two attached hydrogens (primary N) is 1. The molecule has 0 saturated heterocycles. The minimum Gasteiger partial charge on any atom is -0.324 e. The van der Waals surface area contributed by atoms with Gasteiger partial charge in [0.05, 0.1) is 10.6 Å². The predicted molar refractivity (Wildman–Crippen MR) is 84.8 cm³/mol. The van der Waals surface area contributed by atoms with Crippen LogP contribution in [-0.2, 0) is 0 Å². The van der Waals surface area contributed by atoms with Gasteiger partial charge >= 0.3 is 0 Å². The molecule has 1 atom stereocenters. The van der Waals surface area contributed by atoms with E-state index in [1.807, 2.05) is 0 Å². The van der Waals surface area contributed by atoms with Crippen molar-refractivity contribution in [2.45, 2.75) is 19.3 Å². The van der Waals surface area contributed by atoms with Crippen molar-refractivity contribution in [3.63, 3.8) is 0 Å². The molecule has 2 nitrogen and oxygen atoms in total. The van der Waals surface area contributed by atoms with Crippen LogP contribution in [-0.4, -0.2) is 5.78 Å². The second-order valence-electron chi connectivity index (χ2n) is 4.14. The Labute approximate surface area is 133 Å². The number of carbonyl (C=O) groups is 1. The molecule has 110 valence electrons. The van der Waals surface area contributed by atoms with Crippen molar-refractivity contribution in [1.82, 2.24) is 0 Å². The van der Waals surface area contributed by atoms with E-state index in [-0.39, 0.29) is 14.9 Å². The average Bonchev–Trinajstić information content (AvgIpc) is 2.54. The smallest absolute Gasteiger partial charge is 0.197 e. The van der Waals surface area contributed by atoms with Crippen LogP contribution < -0.4 is 5.73 Å². The molecular weight excluding hydrogens is 277 g/mol. The molecule has 0 aliphatic carbocycles. The molecule has 0 amide bonds. The maximum atomic E-state index is 14.9. The molecule has 0 spiro atoms. The van der Waals surface area contributed by atoms with Crippen molar-refractivity contribution in [2.24, 2.45) is 5.73 Å². The molecule has 0 bridgehead atoms. The Morgan fingerprint density at radius 1 is 1.45 bits per heavy atom. The first-order chi connectivity index (χ1) is 11.5. The zero-order chi connectivity index (χ0) is 19.0. The summed E-state index contributed by atoms with van der Waals surface area (Å²) in [5.74, 6) is -1.83. The fraction of sp³-hybridized carbons (Fsp3) is 0.188.